The van der Waals surface area contributed by atoms with Crippen LogP contribution in [0, 0.1) is 0 Å². The average Bonchev–Trinajstić information content (AvgIpc) is 2.96. The molecule has 2 heterocycles. The summed E-state index contributed by atoms with van der Waals surface area (Å²) in [7, 11) is 0. The molecule has 0 spiro atoms. The van der Waals surface area contributed by atoms with Crippen molar-refractivity contribution in [3.8, 4) is 0 Å². The van der Waals surface area contributed by atoms with Gasteiger partial charge in [0, 0.05) is 17.1 Å². The summed E-state index contributed by atoms with van der Waals surface area (Å²) in [5, 5.41) is 0.724. The number of amides is 1. The molecule has 0 unspecified atom stereocenters. The molecule has 0 saturated heterocycles. The summed E-state index contributed by atoms with van der Waals surface area (Å²) in [6.45, 7) is 2.45. The maximum absolute atomic E-state index is 12.5. The van der Waals surface area contributed by atoms with E-state index in [-0.39, 0.29) is 5.91 Å². The van der Waals surface area contributed by atoms with E-state index in [0.29, 0.717) is 13.0 Å². The van der Waals surface area contributed by atoms with Crippen LogP contribution in [0.4, 0.5) is 5.13 Å². The zero-order valence-electron chi connectivity index (χ0n) is 12.7. The molecule has 0 fully saturated rings. The first kappa shape index (κ1) is 16.1. The van der Waals surface area contributed by atoms with Crippen LogP contribution in [0.2, 0.25) is 0 Å². The molecule has 1 amide bonds. The number of hydrogen-bond acceptors (Lipinski definition) is 4. The molecule has 0 aliphatic heterocycles. The normalized spacial score (nSPS) is 10.9. The summed E-state index contributed by atoms with van der Waals surface area (Å²) < 4.78 is 2.07. The van der Waals surface area contributed by atoms with E-state index in [1.54, 1.807) is 11.1 Å². The monoisotopic (exact) mass is 389 g/mol. The lowest BCUT2D eigenvalue weighted by Crippen LogP contribution is -2.30. The molecule has 1 aromatic carbocycles. The van der Waals surface area contributed by atoms with Gasteiger partial charge < -0.3 is 0 Å². The third kappa shape index (κ3) is 3.76. The second-order valence-electron chi connectivity index (χ2n) is 5.16. The molecule has 0 aliphatic rings. The fraction of sp³-hybridized carbons (Fsp3) is 0.235. The zero-order valence-corrected chi connectivity index (χ0v) is 15.1. The van der Waals surface area contributed by atoms with Gasteiger partial charge in [-0.3, -0.25) is 14.7 Å². The number of fused-ring (bicyclic) bond motifs is 1. The third-order valence-corrected chi connectivity index (χ3v) is 4.92. The van der Waals surface area contributed by atoms with E-state index < -0.39 is 0 Å². The first-order valence-electron chi connectivity index (χ1n) is 7.43. The largest absolute Gasteiger partial charge is 0.282 e. The number of hydrogen-bond donors (Lipinski definition) is 0. The van der Waals surface area contributed by atoms with Crippen molar-refractivity contribution < 1.29 is 4.79 Å². The van der Waals surface area contributed by atoms with Gasteiger partial charge in [0.15, 0.2) is 5.13 Å². The highest BCUT2D eigenvalue weighted by Crippen LogP contribution is 2.32. The predicted octanol–water partition coefficient (Wildman–Crippen LogP) is 4.79. The van der Waals surface area contributed by atoms with Crippen molar-refractivity contribution in [1.29, 1.82) is 0 Å². The number of nitrogens with zero attached hydrogens (tertiary/aromatic N) is 3. The molecular formula is C17H16BrN3OS. The number of carbonyl (C=O) groups is 1. The standard InChI is InChI=1S/C17H16BrN3OS/c1-2-5-16(22)21(11-13-6-3-4-9-19-13)17-20-14-8-7-12(18)10-15(14)23-17/h3-4,6-10H,2,5,11H2,1H3. The summed E-state index contributed by atoms with van der Waals surface area (Å²) in [5.41, 5.74) is 1.76. The maximum atomic E-state index is 12.5. The van der Waals surface area contributed by atoms with Crippen LogP contribution >= 0.6 is 27.3 Å². The van der Waals surface area contributed by atoms with Crippen LogP contribution in [0.15, 0.2) is 47.1 Å². The minimum atomic E-state index is 0.0799. The Morgan fingerprint density at radius 3 is 2.91 bits per heavy atom. The summed E-state index contributed by atoms with van der Waals surface area (Å²) in [6.07, 6.45) is 3.06. The van der Waals surface area contributed by atoms with E-state index in [1.807, 2.05) is 43.3 Å². The molecule has 6 heteroatoms. The lowest BCUT2D eigenvalue weighted by Gasteiger charge is -2.19. The van der Waals surface area contributed by atoms with Crippen molar-refractivity contribution in [2.24, 2.45) is 0 Å². The molecule has 0 saturated carbocycles. The van der Waals surface area contributed by atoms with Crippen molar-refractivity contribution in [3.05, 3.63) is 52.8 Å². The molecular weight excluding hydrogens is 374 g/mol. The number of carbonyl (C=O) groups excluding carboxylic acids is 1. The smallest absolute Gasteiger partial charge is 0.229 e. The van der Waals surface area contributed by atoms with Gasteiger partial charge in [-0.2, -0.15) is 0 Å². The van der Waals surface area contributed by atoms with Gasteiger partial charge in [-0.1, -0.05) is 40.3 Å². The summed E-state index contributed by atoms with van der Waals surface area (Å²) in [4.78, 5) is 23.2. The Bertz CT molecular complexity index is 819. The van der Waals surface area contributed by atoms with E-state index in [1.165, 1.54) is 11.3 Å². The molecule has 0 atom stereocenters. The SMILES string of the molecule is CCCC(=O)N(Cc1ccccn1)c1nc2ccc(Br)cc2s1. The highest BCUT2D eigenvalue weighted by molar-refractivity contribution is 9.10. The van der Waals surface area contributed by atoms with E-state index in [4.69, 9.17) is 0 Å². The molecule has 2 aromatic heterocycles. The zero-order chi connectivity index (χ0) is 16.2. The predicted molar refractivity (Wildman–Crippen MR) is 97.7 cm³/mol. The Morgan fingerprint density at radius 1 is 1.30 bits per heavy atom. The molecule has 23 heavy (non-hydrogen) atoms. The van der Waals surface area contributed by atoms with Gasteiger partial charge in [0.05, 0.1) is 22.5 Å². The van der Waals surface area contributed by atoms with Crippen molar-refractivity contribution in [1.82, 2.24) is 9.97 Å². The van der Waals surface area contributed by atoms with Gasteiger partial charge in [-0.15, -0.1) is 0 Å². The van der Waals surface area contributed by atoms with Crippen molar-refractivity contribution in [2.45, 2.75) is 26.3 Å². The minimum Gasteiger partial charge on any atom is -0.282 e. The van der Waals surface area contributed by atoms with Crippen LogP contribution in [0.1, 0.15) is 25.5 Å². The number of aromatic nitrogens is 2. The van der Waals surface area contributed by atoms with Gasteiger partial charge in [0.2, 0.25) is 5.91 Å². The fourth-order valence-electron chi connectivity index (χ4n) is 2.27. The Balaban J connectivity index is 1.97. The third-order valence-electron chi connectivity index (χ3n) is 3.38. The lowest BCUT2D eigenvalue weighted by molar-refractivity contribution is -0.118. The second-order valence-corrected chi connectivity index (χ2v) is 7.08. The Kier molecular flexibility index (Phi) is 5.03. The van der Waals surface area contributed by atoms with E-state index in [9.17, 15) is 4.79 Å². The first-order valence-corrected chi connectivity index (χ1v) is 9.04. The number of benzene rings is 1. The quantitative estimate of drug-likeness (QED) is 0.630. The van der Waals surface area contributed by atoms with Crippen LogP contribution in [-0.4, -0.2) is 15.9 Å². The van der Waals surface area contributed by atoms with Crippen LogP contribution in [0.25, 0.3) is 10.2 Å². The van der Waals surface area contributed by atoms with E-state index in [0.717, 1.165) is 31.9 Å². The van der Waals surface area contributed by atoms with Gasteiger partial charge >= 0.3 is 0 Å². The summed E-state index contributed by atoms with van der Waals surface area (Å²) in [6, 6.07) is 11.7. The van der Waals surface area contributed by atoms with Crippen LogP contribution in [0.3, 0.4) is 0 Å². The number of rotatable bonds is 5. The van der Waals surface area contributed by atoms with E-state index in [2.05, 4.69) is 25.9 Å². The number of anilines is 1. The molecule has 0 aliphatic carbocycles. The molecule has 0 radical (unpaired) electrons. The molecule has 118 valence electrons. The molecule has 0 N–H and O–H groups in total. The Labute approximate surface area is 147 Å². The van der Waals surface area contributed by atoms with E-state index >= 15 is 0 Å². The van der Waals surface area contributed by atoms with Crippen molar-refractivity contribution >= 4 is 48.5 Å². The van der Waals surface area contributed by atoms with Crippen LogP contribution < -0.4 is 4.90 Å². The van der Waals surface area contributed by atoms with Gasteiger partial charge in [-0.05, 0) is 36.8 Å². The highest BCUT2D eigenvalue weighted by Gasteiger charge is 2.20. The molecule has 0 bridgehead atoms. The van der Waals surface area contributed by atoms with Crippen molar-refractivity contribution in [3.63, 3.8) is 0 Å². The molecule has 3 rings (SSSR count). The van der Waals surface area contributed by atoms with Crippen LogP contribution in [-0.2, 0) is 11.3 Å². The lowest BCUT2D eigenvalue weighted by atomic mass is 10.3. The number of halogens is 1. The Hall–Kier alpha value is -1.79. The topological polar surface area (TPSA) is 46.1 Å². The first-order chi connectivity index (χ1) is 11.2. The highest BCUT2D eigenvalue weighted by atomic mass is 79.9. The summed E-state index contributed by atoms with van der Waals surface area (Å²) >= 11 is 5.00. The summed E-state index contributed by atoms with van der Waals surface area (Å²) in [5.74, 6) is 0.0799. The van der Waals surface area contributed by atoms with Gasteiger partial charge in [0.1, 0.15) is 0 Å². The van der Waals surface area contributed by atoms with Crippen LogP contribution in [0.5, 0.6) is 0 Å². The number of pyridine rings is 1. The Morgan fingerprint density at radius 2 is 2.17 bits per heavy atom. The average molecular weight is 390 g/mol. The van der Waals surface area contributed by atoms with Crippen molar-refractivity contribution in [2.75, 3.05) is 4.90 Å². The molecule has 3 aromatic rings. The maximum Gasteiger partial charge on any atom is 0.229 e. The second kappa shape index (κ2) is 7.19. The number of thiazole rings is 1. The van der Waals surface area contributed by atoms with Gasteiger partial charge in [0.25, 0.3) is 0 Å². The molecule has 4 nitrogen and oxygen atoms in total. The minimum absolute atomic E-state index is 0.0799. The fourth-order valence-corrected chi connectivity index (χ4v) is 3.80. The van der Waals surface area contributed by atoms with Gasteiger partial charge in [-0.25, -0.2) is 4.98 Å².